The van der Waals surface area contributed by atoms with Crippen molar-refractivity contribution in [3.8, 4) is 5.69 Å². The third kappa shape index (κ3) is 4.86. The molecule has 132 valence electrons. The second-order valence-corrected chi connectivity index (χ2v) is 7.48. The predicted molar refractivity (Wildman–Crippen MR) is 101 cm³/mol. The zero-order valence-corrected chi connectivity index (χ0v) is 15.4. The Bertz CT molecular complexity index is 786. The summed E-state index contributed by atoms with van der Waals surface area (Å²) in [7, 11) is 0. The first kappa shape index (κ1) is 18.0. The third-order valence-corrected chi connectivity index (χ3v) is 5.44. The smallest absolute Gasteiger partial charge is 0.287 e. The Balaban J connectivity index is 1.64. The summed E-state index contributed by atoms with van der Waals surface area (Å²) in [4.78, 5) is 28.8. The fourth-order valence-corrected chi connectivity index (χ4v) is 3.78. The van der Waals surface area contributed by atoms with E-state index in [2.05, 4.69) is 10.3 Å². The van der Waals surface area contributed by atoms with Gasteiger partial charge >= 0.3 is 0 Å². The fourth-order valence-electron chi connectivity index (χ4n) is 2.95. The van der Waals surface area contributed by atoms with Crippen LogP contribution in [-0.2, 0) is 4.79 Å². The molecule has 1 aliphatic rings. The molecule has 0 atom stereocenters. The molecule has 1 aromatic heterocycles. The molecule has 25 heavy (non-hydrogen) atoms. The number of carbonyl (C=O) groups excluding carboxylic acids is 1. The molecule has 1 amide bonds. The van der Waals surface area contributed by atoms with E-state index in [0.717, 1.165) is 12.8 Å². The molecule has 2 aromatic rings. The van der Waals surface area contributed by atoms with Crippen LogP contribution >= 0.6 is 23.4 Å². The SMILES string of the molecule is O=C(CSc1nccn(-c2ccc(Cl)cc2)c1=O)NC1CCCCC1. The molecule has 0 bridgehead atoms. The largest absolute Gasteiger partial charge is 0.353 e. The molecule has 1 heterocycles. The molecule has 1 aliphatic carbocycles. The average molecular weight is 378 g/mol. The maximum Gasteiger partial charge on any atom is 0.287 e. The lowest BCUT2D eigenvalue weighted by Gasteiger charge is -2.22. The monoisotopic (exact) mass is 377 g/mol. The summed E-state index contributed by atoms with van der Waals surface area (Å²) in [6.45, 7) is 0. The molecular weight excluding hydrogens is 358 g/mol. The van der Waals surface area contributed by atoms with Crippen molar-refractivity contribution in [2.24, 2.45) is 0 Å². The van der Waals surface area contributed by atoms with Gasteiger partial charge in [0.2, 0.25) is 5.91 Å². The number of nitrogens with zero attached hydrogens (tertiary/aromatic N) is 2. The minimum atomic E-state index is -0.236. The van der Waals surface area contributed by atoms with Crippen LogP contribution in [0, 0.1) is 0 Å². The number of halogens is 1. The molecule has 7 heteroatoms. The Morgan fingerprint density at radius 2 is 1.96 bits per heavy atom. The zero-order valence-electron chi connectivity index (χ0n) is 13.8. The van der Waals surface area contributed by atoms with Crippen LogP contribution < -0.4 is 10.9 Å². The van der Waals surface area contributed by atoms with E-state index in [1.54, 1.807) is 36.7 Å². The van der Waals surface area contributed by atoms with Gasteiger partial charge in [-0.2, -0.15) is 0 Å². The molecule has 5 nitrogen and oxygen atoms in total. The third-order valence-electron chi connectivity index (χ3n) is 4.22. The number of carbonyl (C=O) groups is 1. The summed E-state index contributed by atoms with van der Waals surface area (Å²) < 4.78 is 1.50. The van der Waals surface area contributed by atoms with Crippen molar-refractivity contribution in [1.82, 2.24) is 14.9 Å². The summed E-state index contributed by atoms with van der Waals surface area (Å²) in [6.07, 6.45) is 8.86. The van der Waals surface area contributed by atoms with Crippen LogP contribution in [0.15, 0.2) is 46.5 Å². The molecule has 1 fully saturated rings. The standard InChI is InChI=1S/C18H20ClN3O2S/c19-13-6-8-15(9-7-13)22-11-10-20-17(18(22)24)25-12-16(23)21-14-4-2-1-3-5-14/h6-11,14H,1-5,12H2,(H,21,23). The van der Waals surface area contributed by atoms with E-state index in [-0.39, 0.29) is 23.3 Å². The van der Waals surface area contributed by atoms with Crippen LogP contribution in [0.3, 0.4) is 0 Å². The normalized spacial score (nSPS) is 15.1. The topological polar surface area (TPSA) is 64.0 Å². The van der Waals surface area contributed by atoms with E-state index < -0.39 is 0 Å². The van der Waals surface area contributed by atoms with E-state index in [0.29, 0.717) is 15.7 Å². The maximum atomic E-state index is 12.6. The summed E-state index contributed by atoms with van der Waals surface area (Å²) in [5.74, 6) is 0.156. The summed E-state index contributed by atoms with van der Waals surface area (Å²) >= 11 is 7.06. The van der Waals surface area contributed by atoms with Crippen LogP contribution in [0.5, 0.6) is 0 Å². The highest BCUT2D eigenvalue weighted by Gasteiger charge is 2.16. The number of thioether (sulfide) groups is 1. The molecule has 0 saturated heterocycles. The highest BCUT2D eigenvalue weighted by atomic mass is 35.5. The second kappa shape index (κ2) is 8.54. The minimum absolute atomic E-state index is 0.0417. The maximum absolute atomic E-state index is 12.6. The number of hydrogen-bond acceptors (Lipinski definition) is 4. The fraction of sp³-hybridized carbons (Fsp3) is 0.389. The molecule has 0 unspecified atom stereocenters. The summed E-state index contributed by atoms with van der Waals surface area (Å²) in [5.41, 5.74) is 0.477. The molecule has 1 aromatic carbocycles. The number of aromatic nitrogens is 2. The lowest BCUT2D eigenvalue weighted by molar-refractivity contribution is -0.119. The van der Waals surface area contributed by atoms with Crippen LogP contribution in [0.1, 0.15) is 32.1 Å². The van der Waals surface area contributed by atoms with Gasteiger partial charge in [-0.1, -0.05) is 42.6 Å². The van der Waals surface area contributed by atoms with Gasteiger partial charge in [-0.15, -0.1) is 0 Å². The lowest BCUT2D eigenvalue weighted by Crippen LogP contribution is -2.37. The minimum Gasteiger partial charge on any atom is -0.353 e. The van der Waals surface area contributed by atoms with Gasteiger partial charge in [0.1, 0.15) is 0 Å². The van der Waals surface area contributed by atoms with Crippen molar-refractivity contribution in [3.05, 3.63) is 52.0 Å². The summed E-state index contributed by atoms with van der Waals surface area (Å²) in [5, 5.41) is 3.98. The summed E-state index contributed by atoms with van der Waals surface area (Å²) in [6, 6.07) is 7.28. The van der Waals surface area contributed by atoms with Crippen LogP contribution in [0.2, 0.25) is 5.02 Å². The number of nitrogens with one attached hydrogen (secondary N) is 1. The highest BCUT2D eigenvalue weighted by molar-refractivity contribution is 7.99. The van der Waals surface area contributed by atoms with Gasteiger partial charge in [-0.3, -0.25) is 14.2 Å². The molecule has 0 spiro atoms. The first-order valence-electron chi connectivity index (χ1n) is 8.39. The highest BCUT2D eigenvalue weighted by Crippen LogP contribution is 2.18. The Morgan fingerprint density at radius 3 is 2.68 bits per heavy atom. The molecule has 3 rings (SSSR count). The number of benzene rings is 1. The van der Waals surface area contributed by atoms with Gasteiger partial charge in [0.25, 0.3) is 5.56 Å². The second-order valence-electron chi connectivity index (χ2n) is 6.08. The quantitative estimate of drug-likeness (QED) is 0.811. The van der Waals surface area contributed by atoms with Crippen molar-refractivity contribution < 1.29 is 4.79 Å². The van der Waals surface area contributed by atoms with Crippen LogP contribution in [0.25, 0.3) is 5.69 Å². The van der Waals surface area contributed by atoms with Crippen molar-refractivity contribution in [3.63, 3.8) is 0 Å². The van der Waals surface area contributed by atoms with Gasteiger partial charge in [-0.05, 0) is 37.1 Å². The van der Waals surface area contributed by atoms with Gasteiger partial charge in [-0.25, -0.2) is 4.98 Å². The van der Waals surface area contributed by atoms with Crippen molar-refractivity contribution in [2.75, 3.05) is 5.75 Å². The van der Waals surface area contributed by atoms with E-state index >= 15 is 0 Å². The van der Waals surface area contributed by atoms with E-state index in [1.165, 1.54) is 35.6 Å². The first-order chi connectivity index (χ1) is 12.1. The van der Waals surface area contributed by atoms with Crippen LogP contribution in [-0.4, -0.2) is 27.3 Å². The van der Waals surface area contributed by atoms with Gasteiger partial charge in [0.05, 0.1) is 5.75 Å². The molecule has 1 N–H and O–H groups in total. The van der Waals surface area contributed by atoms with Crippen LogP contribution in [0.4, 0.5) is 0 Å². The van der Waals surface area contributed by atoms with Gasteiger partial charge in [0.15, 0.2) is 5.03 Å². The Morgan fingerprint density at radius 1 is 1.24 bits per heavy atom. The van der Waals surface area contributed by atoms with E-state index in [4.69, 9.17) is 11.6 Å². The predicted octanol–water partition coefficient (Wildman–Crippen LogP) is 3.43. The molecule has 1 saturated carbocycles. The number of amides is 1. The Hall–Kier alpha value is -1.79. The lowest BCUT2D eigenvalue weighted by atomic mass is 9.95. The van der Waals surface area contributed by atoms with E-state index in [1.807, 2.05) is 0 Å². The molecule has 0 radical (unpaired) electrons. The number of rotatable bonds is 5. The molecule has 0 aliphatic heterocycles. The molecular formula is C18H20ClN3O2S. The Labute approximate surface area is 155 Å². The average Bonchev–Trinajstić information content (AvgIpc) is 2.63. The number of hydrogen-bond donors (Lipinski definition) is 1. The van der Waals surface area contributed by atoms with Crippen molar-refractivity contribution in [1.29, 1.82) is 0 Å². The Kier molecular flexibility index (Phi) is 6.15. The van der Waals surface area contributed by atoms with E-state index in [9.17, 15) is 9.59 Å². The van der Waals surface area contributed by atoms with Gasteiger partial charge < -0.3 is 5.32 Å². The van der Waals surface area contributed by atoms with Gasteiger partial charge in [0, 0.05) is 29.1 Å². The zero-order chi connectivity index (χ0) is 17.6. The van der Waals surface area contributed by atoms with Crippen molar-refractivity contribution >= 4 is 29.3 Å². The van der Waals surface area contributed by atoms with Crippen molar-refractivity contribution in [2.45, 2.75) is 43.2 Å². The first-order valence-corrected chi connectivity index (χ1v) is 9.75.